The van der Waals surface area contributed by atoms with Gasteiger partial charge in [0, 0.05) is 24.7 Å². The maximum absolute atomic E-state index is 13.0. The number of aromatic nitrogens is 2. The van der Waals surface area contributed by atoms with E-state index in [1.54, 1.807) is 29.1 Å². The minimum atomic E-state index is -4.60. The topological polar surface area (TPSA) is 79.3 Å². The molecule has 0 aliphatic carbocycles. The molecule has 7 nitrogen and oxygen atoms in total. The number of anilines is 2. The van der Waals surface area contributed by atoms with Crippen molar-refractivity contribution in [3.63, 3.8) is 0 Å². The number of aryl methyl sites for hydroxylation is 1. The van der Waals surface area contributed by atoms with Crippen LogP contribution in [0.4, 0.5) is 24.5 Å². The summed E-state index contributed by atoms with van der Waals surface area (Å²) < 4.78 is 40.9. The summed E-state index contributed by atoms with van der Waals surface area (Å²) in [5, 5.41) is 10.3. The van der Waals surface area contributed by atoms with Crippen LogP contribution in [-0.2, 0) is 18.4 Å². The van der Waals surface area contributed by atoms with Gasteiger partial charge in [0.05, 0.1) is 23.0 Å². The molecule has 3 aromatic rings. The van der Waals surface area contributed by atoms with E-state index in [2.05, 4.69) is 10.4 Å². The van der Waals surface area contributed by atoms with Crippen LogP contribution >= 0.6 is 0 Å². The van der Waals surface area contributed by atoms with E-state index in [0.717, 1.165) is 30.4 Å². The molecular formula is C22H22F3N5O2. The molecule has 0 fully saturated rings. The fourth-order valence-electron chi connectivity index (χ4n) is 3.68. The van der Waals surface area contributed by atoms with Crippen molar-refractivity contribution in [3.8, 4) is 0 Å². The van der Waals surface area contributed by atoms with E-state index < -0.39 is 30.1 Å². The zero-order valence-electron chi connectivity index (χ0n) is 17.7. The van der Waals surface area contributed by atoms with Crippen molar-refractivity contribution in [1.29, 1.82) is 0 Å². The molecule has 0 spiro atoms. The van der Waals surface area contributed by atoms with Crippen LogP contribution in [0.25, 0.3) is 10.9 Å². The lowest BCUT2D eigenvalue weighted by Crippen LogP contribution is -2.56. The van der Waals surface area contributed by atoms with Crippen LogP contribution in [-0.4, -0.2) is 44.8 Å². The van der Waals surface area contributed by atoms with Crippen molar-refractivity contribution in [2.45, 2.75) is 32.1 Å². The Hall–Kier alpha value is -3.56. The van der Waals surface area contributed by atoms with Crippen LogP contribution in [0.5, 0.6) is 0 Å². The minimum Gasteiger partial charge on any atom is -0.355 e. The van der Waals surface area contributed by atoms with Gasteiger partial charge in [-0.3, -0.25) is 14.3 Å². The summed E-state index contributed by atoms with van der Waals surface area (Å²) in [4.78, 5) is 26.5. The number of nitrogens with one attached hydrogen (secondary N) is 2. The summed E-state index contributed by atoms with van der Waals surface area (Å²) in [7, 11) is 1.85. The third kappa shape index (κ3) is 3.88. The van der Waals surface area contributed by atoms with E-state index in [-0.39, 0.29) is 6.54 Å². The van der Waals surface area contributed by atoms with Gasteiger partial charge in [-0.1, -0.05) is 12.1 Å². The Morgan fingerprint density at radius 3 is 2.66 bits per heavy atom. The smallest absolute Gasteiger partial charge is 0.355 e. The quantitative estimate of drug-likeness (QED) is 0.627. The Kier molecular flexibility index (Phi) is 5.10. The van der Waals surface area contributed by atoms with Gasteiger partial charge in [-0.2, -0.15) is 18.3 Å². The maximum atomic E-state index is 13.0. The van der Waals surface area contributed by atoms with Gasteiger partial charge in [0.25, 0.3) is 5.91 Å². The Morgan fingerprint density at radius 2 is 1.94 bits per heavy atom. The fraction of sp³-hybridized carbons (Fsp3) is 0.318. The van der Waals surface area contributed by atoms with E-state index >= 15 is 0 Å². The van der Waals surface area contributed by atoms with Crippen LogP contribution in [0, 0.1) is 0 Å². The molecule has 2 aromatic carbocycles. The summed E-state index contributed by atoms with van der Waals surface area (Å²) in [6.07, 6.45) is -2.86. The van der Waals surface area contributed by atoms with Crippen molar-refractivity contribution in [1.82, 2.24) is 20.0 Å². The van der Waals surface area contributed by atoms with Crippen LogP contribution in [0.1, 0.15) is 29.8 Å². The lowest BCUT2D eigenvalue weighted by Gasteiger charge is -2.29. The maximum Gasteiger partial charge on any atom is 0.410 e. The summed E-state index contributed by atoms with van der Waals surface area (Å²) in [5.74, 6) is -1.28. The second-order valence-corrected chi connectivity index (χ2v) is 8.34. The molecule has 0 bridgehead atoms. The number of fused-ring (bicyclic) bond motifs is 2. The molecule has 0 radical (unpaired) electrons. The monoisotopic (exact) mass is 445 g/mol. The largest absolute Gasteiger partial charge is 0.410 e. The number of carbonyl (C=O) groups is 2. The normalized spacial score (nSPS) is 14.1. The summed E-state index contributed by atoms with van der Waals surface area (Å²) >= 11 is 0. The molecule has 10 heteroatoms. The molecule has 1 aromatic heterocycles. The van der Waals surface area contributed by atoms with Crippen molar-refractivity contribution < 1.29 is 22.8 Å². The first-order valence-electron chi connectivity index (χ1n) is 9.94. The lowest BCUT2D eigenvalue weighted by molar-refractivity contribution is -0.188. The number of hydrogen-bond donors (Lipinski definition) is 2. The number of benzene rings is 2. The standard InChI is InChI=1S/C22H22F3N5O2/c1-21(2,22(23,24)25)28-18(31)12-30-11-13-5-4-6-16(19(13)20(30)32)27-15-7-8-17-14(9-15)10-26-29(17)3/h4-10,27H,11-12H2,1-3H3,(H,28,31). The molecule has 2 N–H and O–H groups in total. The summed E-state index contributed by atoms with van der Waals surface area (Å²) in [6.45, 7) is 1.44. The van der Waals surface area contributed by atoms with Gasteiger partial charge in [-0.25, -0.2) is 0 Å². The third-order valence-electron chi connectivity index (χ3n) is 5.53. The zero-order valence-corrected chi connectivity index (χ0v) is 17.7. The number of halogens is 3. The number of amides is 2. The molecule has 2 amide bonds. The minimum absolute atomic E-state index is 0.144. The van der Waals surface area contributed by atoms with Crippen molar-refractivity contribution in [2.75, 3.05) is 11.9 Å². The number of rotatable bonds is 5. The van der Waals surface area contributed by atoms with E-state index in [1.807, 2.05) is 30.6 Å². The average Bonchev–Trinajstić information content (AvgIpc) is 3.21. The Bertz CT molecular complexity index is 1220. The molecule has 168 valence electrons. The van der Waals surface area contributed by atoms with Gasteiger partial charge >= 0.3 is 6.18 Å². The summed E-state index contributed by atoms with van der Waals surface area (Å²) in [5.41, 5.74) is 0.997. The Labute approximate surface area is 182 Å². The molecule has 32 heavy (non-hydrogen) atoms. The fourth-order valence-corrected chi connectivity index (χ4v) is 3.68. The highest BCUT2D eigenvalue weighted by Crippen LogP contribution is 2.33. The van der Waals surface area contributed by atoms with E-state index in [4.69, 9.17) is 0 Å². The molecule has 0 saturated heterocycles. The van der Waals surface area contributed by atoms with Crippen LogP contribution in [0.15, 0.2) is 42.6 Å². The summed E-state index contributed by atoms with van der Waals surface area (Å²) in [6, 6.07) is 11.0. The van der Waals surface area contributed by atoms with Gasteiger partial charge in [0.2, 0.25) is 5.91 Å². The van der Waals surface area contributed by atoms with Crippen LogP contribution in [0.2, 0.25) is 0 Å². The molecule has 0 unspecified atom stereocenters. The highest BCUT2D eigenvalue weighted by molar-refractivity contribution is 6.05. The molecule has 0 atom stereocenters. The van der Waals surface area contributed by atoms with Crippen molar-refractivity contribution in [3.05, 3.63) is 53.7 Å². The SMILES string of the molecule is Cn1ncc2cc(Nc3cccc4c3C(=O)N(CC(=O)NC(C)(C)C(F)(F)F)C4)ccc21. The highest BCUT2D eigenvalue weighted by atomic mass is 19.4. The Balaban J connectivity index is 1.52. The van der Waals surface area contributed by atoms with Gasteiger partial charge in [0.1, 0.15) is 12.1 Å². The molecular weight excluding hydrogens is 423 g/mol. The second-order valence-electron chi connectivity index (χ2n) is 8.34. The predicted molar refractivity (Wildman–Crippen MR) is 113 cm³/mol. The van der Waals surface area contributed by atoms with E-state index in [9.17, 15) is 22.8 Å². The first-order valence-corrected chi connectivity index (χ1v) is 9.94. The predicted octanol–water partition coefficient (Wildman–Crippen LogP) is 3.73. The zero-order chi connectivity index (χ0) is 23.3. The highest BCUT2D eigenvalue weighted by Gasteiger charge is 2.48. The van der Waals surface area contributed by atoms with Gasteiger partial charge in [-0.05, 0) is 43.7 Å². The van der Waals surface area contributed by atoms with E-state index in [1.165, 1.54) is 4.90 Å². The molecule has 1 aliphatic rings. The third-order valence-corrected chi connectivity index (χ3v) is 5.53. The molecule has 0 saturated carbocycles. The molecule has 4 rings (SSSR count). The second kappa shape index (κ2) is 7.54. The number of hydrogen-bond acceptors (Lipinski definition) is 4. The van der Waals surface area contributed by atoms with Crippen molar-refractivity contribution >= 4 is 34.1 Å². The average molecular weight is 445 g/mol. The van der Waals surface area contributed by atoms with Crippen LogP contribution < -0.4 is 10.6 Å². The van der Waals surface area contributed by atoms with Crippen molar-refractivity contribution in [2.24, 2.45) is 7.05 Å². The van der Waals surface area contributed by atoms with Gasteiger partial charge in [0.15, 0.2) is 0 Å². The molecule has 1 aliphatic heterocycles. The van der Waals surface area contributed by atoms with Crippen LogP contribution in [0.3, 0.4) is 0 Å². The number of alkyl halides is 3. The van der Waals surface area contributed by atoms with Gasteiger partial charge < -0.3 is 15.5 Å². The van der Waals surface area contributed by atoms with E-state index in [0.29, 0.717) is 16.8 Å². The number of carbonyl (C=O) groups excluding carboxylic acids is 2. The Morgan fingerprint density at radius 1 is 1.19 bits per heavy atom. The number of nitrogens with zero attached hydrogens (tertiary/aromatic N) is 3. The first-order chi connectivity index (χ1) is 15.0. The lowest BCUT2D eigenvalue weighted by atomic mass is 10.1. The van der Waals surface area contributed by atoms with Gasteiger partial charge in [-0.15, -0.1) is 0 Å². The molecule has 2 heterocycles. The first kappa shape index (κ1) is 21.7.